The van der Waals surface area contributed by atoms with E-state index < -0.39 is 0 Å². The van der Waals surface area contributed by atoms with Gasteiger partial charge in [0.25, 0.3) is 0 Å². The predicted octanol–water partition coefficient (Wildman–Crippen LogP) is 3.77. The first kappa shape index (κ1) is 19.9. The minimum Gasteiger partial charge on any atom is -0.332 e. The summed E-state index contributed by atoms with van der Waals surface area (Å²) >= 11 is 12.2. The summed E-state index contributed by atoms with van der Waals surface area (Å²) in [5.74, 6) is 7.61. The summed E-state index contributed by atoms with van der Waals surface area (Å²) in [6, 6.07) is 8.02. The van der Waals surface area contributed by atoms with Crippen LogP contribution in [0.25, 0.3) is 22.6 Å². The minimum atomic E-state index is 0.133. The Kier molecular flexibility index (Phi) is 4.84. The highest BCUT2D eigenvalue weighted by atomic mass is 35.5. The van der Waals surface area contributed by atoms with Crippen molar-refractivity contribution in [3.05, 3.63) is 57.8 Å². The van der Waals surface area contributed by atoms with Crippen molar-refractivity contribution in [2.75, 3.05) is 0 Å². The molecule has 1 aromatic carbocycles. The van der Waals surface area contributed by atoms with Gasteiger partial charge in [0.2, 0.25) is 10.9 Å². The van der Waals surface area contributed by atoms with Crippen LogP contribution in [0.2, 0.25) is 10.4 Å². The van der Waals surface area contributed by atoms with Gasteiger partial charge in [-0.25, -0.2) is 9.97 Å². The van der Waals surface area contributed by atoms with E-state index in [-0.39, 0.29) is 5.28 Å². The number of fused-ring (bicyclic) bond motifs is 1. The van der Waals surface area contributed by atoms with Crippen molar-refractivity contribution in [2.24, 2.45) is 20.0 Å². The van der Waals surface area contributed by atoms with E-state index in [4.69, 9.17) is 28.6 Å². The van der Waals surface area contributed by atoms with Crippen LogP contribution in [-0.2, 0) is 20.6 Å². The van der Waals surface area contributed by atoms with Crippen molar-refractivity contribution < 1.29 is 0 Å². The molecule has 0 unspecified atom stereocenters. The molecule has 1 saturated carbocycles. The van der Waals surface area contributed by atoms with Crippen LogP contribution in [0.5, 0.6) is 0 Å². The molecule has 4 aromatic rings. The molecule has 0 bridgehead atoms. The Morgan fingerprint density at radius 2 is 1.84 bits per heavy atom. The fraction of sp³-hybridized carbons (Fsp3) is 0.273. The number of imidazole rings is 2. The monoisotopic (exact) mass is 451 g/mol. The molecule has 0 saturated heterocycles. The number of aromatic nitrogens is 6. The lowest BCUT2D eigenvalue weighted by atomic mass is 10.1. The van der Waals surface area contributed by atoms with Gasteiger partial charge >= 0.3 is 0 Å². The summed E-state index contributed by atoms with van der Waals surface area (Å²) in [5, 5.41) is 9.21. The lowest BCUT2D eigenvalue weighted by Gasteiger charge is -2.07. The normalized spacial score (nSPS) is 13.4. The van der Waals surface area contributed by atoms with Gasteiger partial charge in [-0.3, -0.25) is 9.98 Å². The van der Waals surface area contributed by atoms with E-state index in [2.05, 4.69) is 26.8 Å². The van der Waals surface area contributed by atoms with Gasteiger partial charge in [0.1, 0.15) is 22.2 Å². The lowest BCUT2D eigenvalue weighted by Crippen LogP contribution is -2.23. The third-order valence-corrected chi connectivity index (χ3v) is 5.73. The number of nitrogens with zero attached hydrogens (tertiary/aromatic N) is 6. The molecule has 1 aliphatic rings. The average Bonchev–Trinajstić information content (AvgIpc) is 3.47. The Hall–Kier alpha value is -3.08. The van der Waals surface area contributed by atoms with E-state index in [0.29, 0.717) is 34.6 Å². The second-order valence-electron chi connectivity index (χ2n) is 7.72. The first-order chi connectivity index (χ1) is 14.9. The number of rotatable bonds is 3. The van der Waals surface area contributed by atoms with Crippen molar-refractivity contribution in [3.8, 4) is 23.2 Å². The largest absolute Gasteiger partial charge is 0.332 e. The molecular weight excluding hydrogens is 433 g/mol. The summed E-state index contributed by atoms with van der Waals surface area (Å²) in [5.41, 5.74) is 4.19. The number of aryl methyl sites for hydroxylation is 2. The second-order valence-corrected chi connectivity index (χ2v) is 8.45. The van der Waals surface area contributed by atoms with Crippen LogP contribution < -0.4 is 5.62 Å². The molecule has 9 heteroatoms. The van der Waals surface area contributed by atoms with Gasteiger partial charge in [-0.2, -0.15) is 4.98 Å². The first-order valence-electron chi connectivity index (χ1n) is 9.88. The summed E-state index contributed by atoms with van der Waals surface area (Å²) < 4.78 is 5.46. The molecule has 0 amide bonds. The highest BCUT2D eigenvalue weighted by Crippen LogP contribution is 2.28. The fourth-order valence-electron chi connectivity index (χ4n) is 3.58. The van der Waals surface area contributed by atoms with Crippen LogP contribution in [-0.4, -0.2) is 28.7 Å². The van der Waals surface area contributed by atoms with Crippen molar-refractivity contribution in [3.63, 3.8) is 0 Å². The standard InChI is InChI=1S/C22H19Cl2N7/c1-29-12-17(23)27-19(29)15-8-5-14(6-9-15)11-31-20-18(30(2)22(31)25)16(26-21(24)28-20)10-7-13-3-4-13/h5-6,8-9,12-13,25H,3-4,11H2,1-2H3. The summed E-state index contributed by atoms with van der Waals surface area (Å²) in [7, 11) is 3.74. The van der Waals surface area contributed by atoms with Crippen molar-refractivity contribution in [1.29, 1.82) is 5.41 Å². The smallest absolute Gasteiger partial charge is 0.225 e. The molecule has 31 heavy (non-hydrogen) atoms. The summed E-state index contributed by atoms with van der Waals surface area (Å²) in [6.07, 6.45) is 4.04. The van der Waals surface area contributed by atoms with Crippen LogP contribution >= 0.6 is 23.2 Å². The molecule has 0 aliphatic heterocycles. The van der Waals surface area contributed by atoms with E-state index in [1.54, 1.807) is 10.8 Å². The number of benzene rings is 1. The molecule has 0 spiro atoms. The van der Waals surface area contributed by atoms with Gasteiger partial charge in [-0.15, -0.1) is 0 Å². The average molecular weight is 452 g/mol. The zero-order chi connectivity index (χ0) is 21.7. The van der Waals surface area contributed by atoms with Crippen LogP contribution in [0.4, 0.5) is 0 Å². The molecule has 1 fully saturated rings. The number of hydrogen-bond donors (Lipinski definition) is 1. The van der Waals surface area contributed by atoms with E-state index in [1.807, 2.05) is 47.5 Å². The molecule has 0 radical (unpaired) electrons. The maximum absolute atomic E-state index is 8.62. The molecule has 0 atom stereocenters. The Balaban J connectivity index is 1.53. The van der Waals surface area contributed by atoms with Gasteiger partial charge < -0.3 is 9.13 Å². The molecule has 1 aliphatic carbocycles. The molecule has 1 N–H and O–H groups in total. The Morgan fingerprint density at radius 1 is 1.10 bits per heavy atom. The summed E-state index contributed by atoms with van der Waals surface area (Å²) in [6.45, 7) is 0.473. The third-order valence-electron chi connectivity index (χ3n) is 5.37. The summed E-state index contributed by atoms with van der Waals surface area (Å²) in [4.78, 5) is 13.1. The quantitative estimate of drug-likeness (QED) is 0.380. The number of halogens is 2. The molecular formula is C22H19Cl2N7. The SMILES string of the molecule is Cn1cc(Cl)nc1-c1ccc(Cn2c(=N)n(C)c3c(C#CC4CC4)nc(Cl)nc32)cc1. The maximum Gasteiger partial charge on any atom is 0.225 e. The van der Waals surface area contributed by atoms with E-state index in [0.717, 1.165) is 35.3 Å². The number of hydrogen-bond acceptors (Lipinski definition) is 4. The fourth-order valence-corrected chi connectivity index (χ4v) is 3.97. The molecule has 7 nitrogen and oxygen atoms in total. The minimum absolute atomic E-state index is 0.133. The van der Waals surface area contributed by atoms with Crippen molar-refractivity contribution in [2.45, 2.75) is 19.4 Å². The molecule has 5 rings (SSSR count). The number of nitrogens with one attached hydrogen (secondary N) is 1. The van der Waals surface area contributed by atoms with Crippen LogP contribution in [0.15, 0.2) is 30.5 Å². The molecule has 156 valence electrons. The second kappa shape index (κ2) is 7.56. The van der Waals surface area contributed by atoms with E-state index >= 15 is 0 Å². The van der Waals surface area contributed by atoms with Crippen LogP contribution in [0.3, 0.4) is 0 Å². The van der Waals surface area contributed by atoms with Gasteiger partial charge in [-0.05, 0) is 35.9 Å². The Morgan fingerprint density at radius 3 is 2.48 bits per heavy atom. The topological polar surface area (TPSA) is 77.3 Å². The Bertz CT molecular complexity index is 1430. The van der Waals surface area contributed by atoms with E-state index in [9.17, 15) is 0 Å². The highest BCUT2D eigenvalue weighted by molar-refractivity contribution is 6.29. The lowest BCUT2D eigenvalue weighted by molar-refractivity contribution is 0.691. The zero-order valence-corrected chi connectivity index (χ0v) is 18.5. The zero-order valence-electron chi connectivity index (χ0n) is 17.0. The molecule has 3 aromatic heterocycles. The maximum atomic E-state index is 8.62. The van der Waals surface area contributed by atoms with Gasteiger partial charge in [-0.1, -0.05) is 41.8 Å². The van der Waals surface area contributed by atoms with Gasteiger partial charge in [0, 0.05) is 31.8 Å². The van der Waals surface area contributed by atoms with Crippen molar-refractivity contribution >= 4 is 34.4 Å². The predicted molar refractivity (Wildman–Crippen MR) is 120 cm³/mol. The van der Waals surface area contributed by atoms with Crippen LogP contribution in [0.1, 0.15) is 24.1 Å². The molecule has 3 heterocycles. The third kappa shape index (κ3) is 3.73. The van der Waals surface area contributed by atoms with Gasteiger partial charge in [0.15, 0.2) is 5.65 Å². The Labute approximate surface area is 188 Å². The highest BCUT2D eigenvalue weighted by Gasteiger charge is 2.20. The first-order valence-corrected chi connectivity index (χ1v) is 10.6. The van der Waals surface area contributed by atoms with Gasteiger partial charge in [0.05, 0.1) is 6.54 Å². The van der Waals surface area contributed by atoms with Crippen molar-refractivity contribution in [1.82, 2.24) is 28.7 Å². The van der Waals surface area contributed by atoms with Crippen LogP contribution in [0, 0.1) is 23.2 Å². The van der Waals surface area contributed by atoms with E-state index in [1.165, 1.54) is 0 Å².